The molecule has 0 spiro atoms. The van der Waals surface area contributed by atoms with Gasteiger partial charge >= 0.3 is 0 Å². The number of hydrogen-bond acceptors (Lipinski definition) is 1. The van der Waals surface area contributed by atoms with Crippen molar-refractivity contribution in [2.24, 2.45) is 11.3 Å². The van der Waals surface area contributed by atoms with Crippen LogP contribution in [-0.4, -0.2) is 5.78 Å². The standard InChI is InChI=1S/C9H20.C6H12O.C2H6/c1-4-6-8-9(3)7-5-2;1-5(7)6(2,3)4;1-2/h9H,4-8H2,1-3H3;1-4H3;1-2H3. The number of unbranched alkanes of at least 4 members (excludes halogenated alkanes) is 1. The molecule has 1 heteroatoms. The van der Waals surface area contributed by atoms with Crippen LogP contribution in [0.2, 0.25) is 0 Å². The molecule has 0 aromatic heterocycles. The molecule has 0 saturated heterocycles. The molecular weight excluding hydrogens is 220 g/mol. The summed E-state index contributed by atoms with van der Waals surface area (Å²) in [6.07, 6.45) is 6.98. The highest BCUT2D eigenvalue weighted by molar-refractivity contribution is 5.80. The molecule has 0 rings (SSSR count). The van der Waals surface area contributed by atoms with Gasteiger partial charge in [-0.1, -0.05) is 87.5 Å². The van der Waals surface area contributed by atoms with Crippen LogP contribution in [0.15, 0.2) is 0 Å². The lowest BCUT2D eigenvalue weighted by atomic mass is 9.92. The Hall–Kier alpha value is -0.330. The predicted octanol–water partition coefficient (Wildman–Crippen LogP) is 6.26. The van der Waals surface area contributed by atoms with Crippen LogP contribution in [-0.2, 0) is 4.79 Å². The first-order chi connectivity index (χ1) is 8.25. The molecule has 18 heavy (non-hydrogen) atoms. The topological polar surface area (TPSA) is 17.1 Å². The van der Waals surface area contributed by atoms with Crippen molar-refractivity contribution in [2.45, 2.75) is 94.4 Å². The van der Waals surface area contributed by atoms with Gasteiger partial charge < -0.3 is 0 Å². The fourth-order valence-electron chi connectivity index (χ4n) is 1.19. The summed E-state index contributed by atoms with van der Waals surface area (Å²) in [6.45, 7) is 18.2. The fraction of sp³-hybridized carbons (Fsp3) is 0.941. The van der Waals surface area contributed by atoms with Gasteiger partial charge in [0.1, 0.15) is 5.78 Å². The molecule has 0 N–H and O–H groups in total. The van der Waals surface area contributed by atoms with E-state index in [1.54, 1.807) is 6.92 Å². The van der Waals surface area contributed by atoms with E-state index in [1.807, 2.05) is 34.6 Å². The highest BCUT2D eigenvalue weighted by atomic mass is 16.1. The van der Waals surface area contributed by atoms with Crippen molar-refractivity contribution in [3.63, 3.8) is 0 Å². The molecule has 0 fully saturated rings. The van der Waals surface area contributed by atoms with Crippen molar-refractivity contribution in [1.82, 2.24) is 0 Å². The van der Waals surface area contributed by atoms with Crippen molar-refractivity contribution in [3.8, 4) is 0 Å². The quantitative estimate of drug-likeness (QED) is 0.568. The van der Waals surface area contributed by atoms with E-state index in [9.17, 15) is 4.79 Å². The summed E-state index contributed by atoms with van der Waals surface area (Å²) >= 11 is 0. The van der Waals surface area contributed by atoms with Gasteiger partial charge in [0.25, 0.3) is 0 Å². The Morgan fingerprint density at radius 2 is 1.39 bits per heavy atom. The summed E-state index contributed by atoms with van der Waals surface area (Å²) in [5.41, 5.74) is -0.139. The minimum Gasteiger partial charge on any atom is -0.299 e. The maximum atomic E-state index is 10.5. The first-order valence-electron chi connectivity index (χ1n) is 7.76. The Kier molecular flexibility index (Phi) is 18.7. The molecule has 0 aliphatic rings. The van der Waals surface area contributed by atoms with Crippen molar-refractivity contribution in [2.75, 3.05) is 0 Å². The highest BCUT2D eigenvalue weighted by Gasteiger charge is 2.14. The molecule has 0 amide bonds. The lowest BCUT2D eigenvalue weighted by molar-refractivity contribution is -0.124. The summed E-state index contributed by atoms with van der Waals surface area (Å²) in [5, 5.41) is 0. The average Bonchev–Trinajstić information content (AvgIpc) is 2.29. The monoisotopic (exact) mass is 258 g/mol. The SMILES string of the molecule is CC.CC(=O)C(C)(C)C.CCCCC(C)CCC. The van der Waals surface area contributed by atoms with Gasteiger partial charge in [0, 0.05) is 5.41 Å². The van der Waals surface area contributed by atoms with Crippen LogP contribution in [0.3, 0.4) is 0 Å². The van der Waals surface area contributed by atoms with E-state index < -0.39 is 0 Å². The van der Waals surface area contributed by atoms with Crippen molar-refractivity contribution < 1.29 is 4.79 Å². The smallest absolute Gasteiger partial charge is 0.135 e. The van der Waals surface area contributed by atoms with E-state index >= 15 is 0 Å². The van der Waals surface area contributed by atoms with E-state index in [4.69, 9.17) is 0 Å². The molecule has 0 radical (unpaired) electrons. The number of carbonyl (C=O) groups excluding carboxylic acids is 1. The maximum Gasteiger partial charge on any atom is 0.135 e. The molecule has 0 bridgehead atoms. The summed E-state index contributed by atoms with van der Waals surface area (Å²) in [6, 6.07) is 0. The van der Waals surface area contributed by atoms with Gasteiger partial charge in [-0.25, -0.2) is 0 Å². The Balaban J connectivity index is -0.000000225. The zero-order valence-electron chi connectivity index (χ0n) is 14.5. The summed E-state index contributed by atoms with van der Waals surface area (Å²) in [5.74, 6) is 1.21. The molecule has 0 aromatic rings. The molecule has 1 atom stereocenters. The van der Waals surface area contributed by atoms with Crippen molar-refractivity contribution in [1.29, 1.82) is 0 Å². The first-order valence-corrected chi connectivity index (χ1v) is 7.76. The second-order valence-electron chi connectivity index (χ2n) is 5.84. The third-order valence-corrected chi connectivity index (χ3v) is 2.89. The zero-order valence-corrected chi connectivity index (χ0v) is 14.5. The summed E-state index contributed by atoms with van der Waals surface area (Å²) in [7, 11) is 0. The van der Waals surface area contributed by atoms with Crippen LogP contribution >= 0.6 is 0 Å². The number of carbonyl (C=O) groups is 1. The number of Topliss-reactive ketones (excluding diaryl/α,β-unsaturated/α-hetero) is 1. The Morgan fingerprint density at radius 1 is 1.00 bits per heavy atom. The lowest BCUT2D eigenvalue weighted by Crippen LogP contribution is -2.15. The Morgan fingerprint density at radius 3 is 1.61 bits per heavy atom. The normalized spacial score (nSPS) is 11.6. The Labute approximate surface area is 117 Å². The first kappa shape index (κ1) is 22.8. The van der Waals surface area contributed by atoms with E-state index in [-0.39, 0.29) is 11.2 Å². The molecule has 0 aliphatic heterocycles. The zero-order chi connectivity index (χ0) is 15.2. The Bertz CT molecular complexity index is 165. The summed E-state index contributed by atoms with van der Waals surface area (Å²) in [4.78, 5) is 10.5. The number of ketones is 1. The van der Waals surface area contributed by atoms with Gasteiger partial charge in [0.15, 0.2) is 0 Å². The molecule has 0 saturated carbocycles. The van der Waals surface area contributed by atoms with E-state index in [2.05, 4.69) is 20.8 Å². The van der Waals surface area contributed by atoms with Crippen LogP contribution in [0.25, 0.3) is 0 Å². The van der Waals surface area contributed by atoms with Crippen LogP contribution in [0, 0.1) is 11.3 Å². The molecule has 0 aromatic carbocycles. The van der Waals surface area contributed by atoms with Crippen LogP contribution in [0.4, 0.5) is 0 Å². The third-order valence-electron chi connectivity index (χ3n) is 2.89. The average molecular weight is 258 g/mol. The minimum atomic E-state index is -0.139. The largest absolute Gasteiger partial charge is 0.299 e. The summed E-state index contributed by atoms with van der Waals surface area (Å²) < 4.78 is 0. The maximum absolute atomic E-state index is 10.5. The van der Waals surface area contributed by atoms with Gasteiger partial charge in [-0.2, -0.15) is 0 Å². The van der Waals surface area contributed by atoms with E-state index in [1.165, 1.54) is 32.1 Å². The highest BCUT2D eigenvalue weighted by Crippen LogP contribution is 2.13. The number of rotatable bonds is 5. The van der Waals surface area contributed by atoms with Crippen LogP contribution < -0.4 is 0 Å². The van der Waals surface area contributed by atoms with Gasteiger partial charge in [-0.3, -0.25) is 4.79 Å². The van der Waals surface area contributed by atoms with Crippen molar-refractivity contribution in [3.05, 3.63) is 0 Å². The van der Waals surface area contributed by atoms with E-state index in [0.29, 0.717) is 0 Å². The van der Waals surface area contributed by atoms with Crippen molar-refractivity contribution >= 4 is 5.78 Å². The fourth-order valence-corrected chi connectivity index (χ4v) is 1.19. The van der Waals surface area contributed by atoms with Gasteiger partial charge in [-0.15, -0.1) is 0 Å². The number of hydrogen-bond donors (Lipinski definition) is 0. The lowest BCUT2D eigenvalue weighted by Gasteiger charge is -2.11. The second-order valence-corrected chi connectivity index (χ2v) is 5.84. The van der Waals surface area contributed by atoms with Gasteiger partial charge in [0.2, 0.25) is 0 Å². The molecule has 1 unspecified atom stereocenters. The van der Waals surface area contributed by atoms with Crippen LogP contribution in [0.5, 0.6) is 0 Å². The van der Waals surface area contributed by atoms with Crippen LogP contribution in [0.1, 0.15) is 94.4 Å². The van der Waals surface area contributed by atoms with Gasteiger partial charge in [-0.05, 0) is 12.8 Å². The van der Waals surface area contributed by atoms with E-state index in [0.717, 1.165) is 5.92 Å². The molecule has 112 valence electrons. The second kappa shape index (κ2) is 14.7. The molecule has 0 aliphatic carbocycles. The van der Waals surface area contributed by atoms with Gasteiger partial charge in [0.05, 0.1) is 0 Å². The third kappa shape index (κ3) is 21.0. The predicted molar refractivity (Wildman–Crippen MR) is 85.1 cm³/mol. The molecule has 0 heterocycles. The molecular formula is C17H38O. The minimum absolute atomic E-state index is 0.139. The molecule has 1 nitrogen and oxygen atoms in total.